The summed E-state index contributed by atoms with van der Waals surface area (Å²) in [5.41, 5.74) is -0.444. The summed E-state index contributed by atoms with van der Waals surface area (Å²) in [5, 5.41) is 9.92. The Morgan fingerprint density at radius 3 is 1.57 bits per heavy atom. The number of amides is 5. The molecule has 6 aliphatic heterocycles. The molecule has 0 bridgehead atoms. The van der Waals surface area contributed by atoms with Gasteiger partial charge in [-0.15, -0.1) is 0 Å². The second kappa shape index (κ2) is 17.2. The molecule has 0 aromatic heterocycles. The third-order valence-electron chi connectivity index (χ3n) is 12.9. The van der Waals surface area contributed by atoms with Gasteiger partial charge in [-0.2, -0.15) is 0 Å². The maximum atomic E-state index is 12.6. The first-order chi connectivity index (χ1) is 23.6. The number of nitrogens with one attached hydrogen (secondary N) is 3. The minimum atomic E-state index is -0.444. The Hall–Kier alpha value is -2.31. The molecule has 6 heterocycles. The lowest BCUT2D eigenvalue weighted by molar-refractivity contribution is 0.0268. The van der Waals surface area contributed by atoms with Crippen LogP contribution in [0, 0.1) is 0 Å². The van der Waals surface area contributed by atoms with Gasteiger partial charge in [0.2, 0.25) is 0 Å². The van der Waals surface area contributed by atoms with Crippen LogP contribution >= 0.6 is 0 Å². The molecule has 0 spiro atoms. The van der Waals surface area contributed by atoms with E-state index in [1.165, 1.54) is 51.5 Å². The van der Waals surface area contributed by atoms with Crippen LogP contribution in [-0.2, 0) is 4.74 Å². The van der Waals surface area contributed by atoms with Gasteiger partial charge < -0.3 is 35.4 Å². The van der Waals surface area contributed by atoms with Crippen LogP contribution in [0.2, 0.25) is 0 Å². The number of rotatable bonds is 4. The third-order valence-corrected chi connectivity index (χ3v) is 12.9. The fourth-order valence-corrected chi connectivity index (χ4v) is 10.4. The van der Waals surface area contributed by atoms with Crippen LogP contribution in [0.15, 0.2) is 0 Å². The smallest absolute Gasteiger partial charge is 0.410 e. The second-order valence-electron chi connectivity index (χ2n) is 17.2. The molecular weight excluding hydrogens is 644 g/mol. The first kappa shape index (κ1) is 39.9. The van der Waals surface area contributed by atoms with E-state index >= 15 is 0 Å². The van der Waals surface area contributed by atoms with Crippen molar-refractivity contribution >= 4 is 18.2 Å². The minimum absolute atomic E-state index is 0. The molecule has 0 aromatic rings. The molecule has 2 unspecified atom stereocenters. The van der Waals surface area contributed by atoms with Crippen LogP contribution in [0.4, 0.5) is 14.4 Å². The van der Waals surface area contributed by atoms with Crippen LogP contribution in [-0.4, -0.2) is 149 Å². The molecule has 8 fully saturated rings. The molecule has 6 saturated heterocycles. The van der Waals surface area contributed by atoms with Crippen molar-refractivity contribution in [3.8, 4) is 0 Å². The summed E-state index contributed by atoms with van der Waals surface area (Å²) >= 11 is 0. The van der Waals surface area contributed by atoms with Crippen molar-refractivity contribution in [3.05, 3.63) is 0 Å². The number of nitrogens with zero attached hydrogens (tertiary/aromatic N) is 5. The molecule has 3 N–H and O–H groups in total. The monoisotopic (exact) mass is 717 g/mol. The topological polar surface area (TPSA) is 113 Å². The van der Waals surface area contributed by atoms with E-state index < -0.39 is 5.60 Å². The van der Waals surface area contributed by atoms with E-state index in [1.54, 1.807) is 0 Å². The molecule has 0 aromatic carbocycles. The zero-order valence-corrected chi connectivity index (χ0v) is 30.5. The summed E-state index contributed by atoms with van der Waals surface area (Å²) in [5.74, 6) is 0. The van der Waals surface area contributed by atoms with Crippen molar-refractivity contribution in [1.29, 1.82) is 0 Å². The van der Waals surface area contributed by atoms with Gasteiger partial charge in [-0.1, -0.05) is 40.5 Å². The van der Waals surface area contributed by atoms with Gasteiger partial charge in [0.25, 0.3) is 0 Å². The molecule has 12 heteroatoms. The summed E-state index contributed by atoms with van der Waals surface area (Å²) < 4.78 is 5.52. The SMILES string of the molecule is C.C.CC(C)(C)OC(=O)N1CCC(N2CCC(N3C(=O)N[C@@H]4CCCC[C@H]43)CC2)C1.O=C1N[C@@H]2CCCC[C@H]2N1C1CCN(C2CCNC2)CC1. The van der Waals surface area contributed by atoms with E-state index in [1.807, 2.05) is 25.7 Å². The highest BCUT2D eigenvalue weighted by atomic mass is 16.6. The van der Waals surface area contributed by atoms with E-state index in [9.17, 15) is 14.4 Å². The van der Waals surface area contributed by atoms with Crippen LogP contribution in [0.5, 0.6) is 0 Å². The zero-order valence-electron chi connectivity index (χ0n) is 30.5. The van der Waals surface area contributed by atoms with Crippen molar-refractivity contribution in [3.63, 3.8) is 0 Å². The summed E-state index contributed by atoms with van der Waals surface area (Å²) in [7, 11) is 0. The van der Waals surface area contributed by atoms with Crippen LogP contribution in [0.1, 0.15) is 126 Å². The summed E-state index contributed by atoms with van der Waals surface area (Å²) in [6.45, 7) is 13.9. The number of hydrogen-bond donors (Lipinski definition) is 3. The second-order valence-corrected chi connectivity index (χ2v) is 17.2. The van der Waals surface area contributed by atoms with Crippen molar-refractivity contribution < 1.29 is 19.1 Å². The lowest BCUT2D eigenvalue weighted by atomic mass is 9.89. The average molecular weight is 717 g/mol. The van der Waals surface area contributed by atoms with Gasteiger partial charge in [0.1, 0.15) is 5.60 Å². The van der Waals surface area contributed by atoms with Gasteiger partial charge in [0.05, 0.1) is 24.2 Å². The van der Waals surface area contributed by atoms with Gasteiger partial charge in [0.15, 0.2) is 0 Å². The number of urea groups is 2. The summed E-state index contributed by atoms with van der Waals surface area (Å²) in [4.78, 5) is 48.7. The van der Waals surface area contributed by atoms with Crippen molar-refractivity contribution in [2.24, 2.45) is 0 Å². The number of carbonyl (C=O) groups excluding carboxylic acids is 3. The molecular formula is C39H72N8O4. The predicted octanol–water partition coefficient (Wildman–Crippen LogP) is 5.22. The van der Waals surface area contributed by atoms with E-state index in [-0.39, 0.29) is 33.0 Å². The Kier molecular flexibility index (Phi) is 13.5. The quantitative estimate of drug-likeness (QED) is 0.366. The maximum absolute atomic E-state index is 12.6. The van der Waals surface area contributed by atoms with Gasteiger partial charge in [-0.3, -0.25) is 9.80 Å². The Labute approximate surface area is 309 Å². The molecule has 51 heavy (non-hydrogen) atoms. The Balaban J connectivity index is 0.000000197. The summed E-state index contributed by atoms with van der Waals surface area (Å²) in [6.07, 6.45) is 16.2. The highest BCUT2D eigenvalue weighted by molar-refractivity contribution is 5.78. The van der Waals surface area contributed by atoms with Gasteiger partial charge in [-0.05, 0) is 91.5 Å². The number of piperidine rings is 2. The van der Waals surface area contributed by atoms with Gasteiger partial charge in [-0.25, -0.2) is 14.4 Å². The van der Waals surface area contributed by atoms with E-state index in [2.05, 4.69) is 35.6 Å². The fraction of sp³-hybridized carbons (Fsp3) is 0.923. The Morgan fingerprint density at radius 2 is 1.10 bits per heavy atom. The number of ether oxygens (including phenoxy) is 1. The molecule has 12 nitrogen and oxygen atoms in total. The lowest BCUT2D eigenvalue weighted by Gasteiger charge is -2.42. The molecule has 5 amide bonds. The molecule has 292 valence electrons. The third kappa shape index (κ3) is 9.08. The molecule has 0 radical (unpaired) electrons. The Morgan fingerprint density at radius 1 is 0.627 bits per heavy atom. The van der Waals surface area contributed by atoms with Crippen molar-refractivity contribution in [2.75, 3.05) is 52.4 Å². The predicted molar refractivity (Wildman–Crippen MR) is 203 cm³/mol. The van der Waals surface area contributed by atoms with E-state index in [4.69, 9.17) is 4.74 Å². The van der Waals surface area contributed by atoms with E-state index in [0.717, 1.165) is 96.8 Å². The molecule has 2 aliphatic carbocycles. The normalized spacial score (nSPS) is 33.7. The molecule has 6 atom stereocenters. The number of likely N-dealkylation sites (tertiary alicyclic amines) is 3. The fourth-order valence-electron chi connectivity index (χ4n) is 10.4. The van der Waals surface area contributed by atoms with Crippen LogP contribution < -0.4 is 16.0 Å². The zero-order chi connectivity index (χ0) is 34.1. The highest BCUT2D eigenvalue weighted by Gasteiger charge is 2.46. The largest absolute Gasteiger partial charge is 0.444 e. The maximum Gasteiger partial charge on any atom is 0.410 e. The van der Waals surface area contributed by atoms with Crippen molar-refractivity contribution in [1.82, 2.24) is 40.4 Å². The van der Waals surface area contributed by atoms with Gasteiger partial charge >= 0.3 is 18.2 Å². The molecule has 8 aliphatic rings. The standard InChI is InChI=1S/C21H36N4O3.C16H28N4O.2CH4/c1-21(2,3)28-20(27)24-13-10-16(14-24)23-11-8-15(9-12-23)25-18-7-5-4-6-17(18)22-19(25)26;21-16-18-14-3-1-2-4-15(14)20(16)12-6-9-19(10-7-12)13-5-8-17-11-13;;/h15-18H,4-14H2,1-3H3,(H,22,26);12-15,17H,1-11H2,(H,18,21);2*1H4/t16?,17-,18-;13?,14-,15-;;/m11../s1. The molecule has 2 saturated carbocycles. The minimum Gasteiger partial charge on any atom is -0.444 e. The Bertz CT molecular complexity index is 1160. The van der Waals surface area contributed by atoms with Gasteiger partial charge in [0, 0.05) is 70.0 Å². The summed E-state index contributed by atoms with van der Waals surface area (Å²) in [6, 6.07) is 4.07. The highest BCUT2D eigenvalue weighted by Crippen LogP contribution is 2.34. The lowest BCUT2D eigenvalue weighted by Crippen LogP contribution is -2.52. The van der Waals surface area contributed by atoms with Crippen molar-refractivity contribution in [2.45, 2.75) is 179 Å². The first-order valence-electron chi connectivity index (χ1n) is 20.0. The van der Waals surface area contributed by atoms with Crippen LogP contribution in [0.25, 0.3) is 0 Å². The van der Waals surface area contributed by atoms with E-state index in [0.29, 0.717) is 42.3 Å². The molecule has 8 rings (SSSR count). The number of fused-ring (bicyclic) bond motifs is 2. The number of carbonyl (C=O) groups is 3. The number of hydrogen-bond acceptors (Lipinski definition) is 7. The first-order valence-corrected chi connectivity index (χ1v) is 20.0. The van der Waals surface area contributed by atoms with Crippen LogP contribution in [0.3, 0.4) is 0 Å². The average Bonchev–Trinajstić information content (AvgIpc) is 3.90.